The molecule has 106 valence electrons. The highest BCUT2D eigenvalue weighted by Crippen LogP contribution is 2.13. The molecule has 1 atom stereocenters. The first-order valence-corrected chi connectivity index (χ1v) is 6.03. The summed E-state index contributed by atoms with van der Waals surface area (Å²) in [6.07, 6.45) is 0.868. The first-order chi connectivity index (χ1) is 9.06. The summed E-state index contributed by atoms with van der Waals surface area (Å²) in [5.41, 5.74) is 0.699. The number of ether oxygens (including phenoxy) is 2. The summed E-state index contributed by atoms with van der Waals surface area (Å²) in [6.45, 7) is 4.36. The standard InChI is InChI=1S/C12H19N3O4/c1-4-5-19-10-6-8(2)13-12(15-10)14-9(7-18-3)11(16)17/h6,9H,4-5,7H2,1-3H3,(H,16,17)(H,13,14,15). The maximum atomic E-state index is 11.0. The predicted octanol–water partition coefficient (Wildman–Crippen LogP) is 1.09. The van der Waals surface area contributed by atoms with E-state index in [1.165, 1.54) is 7.11 Å². The lowest BCUT2D eigenvalue weighted by molar-refractivity contribution is -0.139. The fourth-order valence-corrected chi connectivity index (χ4v) is 1.38. The van der Waals surface area contributed by atoms with E-state index in [0.29, 0.717) is 18.2 Å². The molecule has 0 aromatic carbocycles. The molecule has 0 saturated heterocycles. The zero-order chi connectivity index (χ0) is 14.3. The van der Waals surface area contributed by atoms with E-state index in [1.54, 1.807) is 13.0 Å². The summed E-state index contributed by atoms with van der Waals surface area (Å²) in [4.78, 5) is 19.2. The largest absolute Gasteiger partial charge is 0.480 e. The number of aliphatic carboxylic acids is 1. The number of rotatable bonds is 8. The van der Waals surface area contributed by atoms with Gasteiger partial charge >= 0.3 is 5.97 Å². The number of carbonyl (C=O) groups is 1. The van der Waals surface area contributed by atoms with Gasteiger partial charge in [0.05, 0.1) is 13.2 Å². The number of carboxylic acid groups (broad SMARTS) is 1. The Morgan fingerprint density at radius 1 is 1.53 bits per heavy atom. The molecular weight excluding hydrogens is 250 g/mol. The molecule has 1 rings (SSSR count). The molecule has 0 radical (unpaired) electrons. The summed E-state index contributed by atoms with van der Waals surface area (Å²) < 4.78 is 10.2. The van der Waals surface area contributed by atoms with Crippen LogP contribution in [0.15, 0.2) is 6.07 Å². The third kappa shape index (κ3) is 5.09. The van der Waals surface area contributed by atoms with Gasteiger partial charge < -0.3 is 19.9 Å². The third-order valence-electron chi connectivity index (χ3n) is 2.22. The van der Waals surface area contributed by atoms with E-state index in [4.69, 9.17) is 14.6 Å². The fourth-order valence-electron chi connectivity index (χ4n) is 1.38. The molecule has 19 heavy (non-hydrogen) atoms. The van der Waals surface area contributed by atoms with Crippen molar-refractivity contribution in [1.82, 2.24) is 9.97 Å². The molecule has 0 aliphatic heterocycles. The molecule has 0 amide bonds. The average Bonchev–Trinajstić information content (AvgIpc) is 2.35. The van der Waals surface area contributed by atoms with Crippen LogP contribution in [-0.4, -0.2) is 47.4 Å². The molecule has 0 aliphatic rings. The van der Waals surface area contributed by atoms with Gasteiger partial charge in [-0.1, -0.05) is 6.92 Å². The highest BCUT2D eigenvalue weighted by Gasteiger charge is 2.18. The van der Waals surface area contributed by atoms with Crippen molar-refractivity contribution in [3.63, 3.8) is 0 Å². The minimum absolute atomic E-state index is 0.0256. The van der Waals surface area contributed by atoms with Crippen LogP contribution in [0, 0.1) is 6.92 Å². The second-order valence-corrected chi connectivity index (χ2v) is 4.01. The summed E-state index contributed by atoms with van der Waals surface area (Å²) in [5.74, 6) is -0.378. The maximum Gasteiger partial charge on any atom is 0.328 e. The number of nitrogens with one attached hydrogen (secondary N) is 1. The van der Waals surface area contributed by atoms with Crippen LogP contribution in [0.1, 0.15) is 19.0 Å². The fraction of sp³-hybridized carbons (Fsp3) is 0.583. The van der Waals surface area contributed by atoms with Crippen LogP contribution in [-0.2, 0) is 9.53 Å². The average molecular weight is 269 g/mol. The van der Waals surface area contributed by atoms with Gasteiger partial charge in [-0.05, 0) is 13.3 Å². The van der Waals surface area contributed by atoms with Crippen molar-refractivity contribution in [3.05, 3.63) is 11.8 Å². The Morgan fingerprint density at radius 2 is 2.26 bits per heavy atom. The van der Waals surface area contributed by atoms with E-state index in [-0.39, 0.29) is 12.6 Å². The predicted molar refractivity (Wildman–Crippen MR) is 69.5 cm³/mol. The number of hydrogen-bond acceptors (Lipinski definition) is 6. The Hall–Kier alpha value is -1.89. The maximum absolute atomic E-state index is 11.0. The van der Waals surface area contributed by atoms with Crippen molar-refractivity contribution in [2.24, 2.45) is 0 Å². The Morgan fingerprint density at radius 3 is 2.84 bits per heavy atom. The van der Waals surface area contributed by atoms with E-state index in [0.717, 1.165) is 6.42 Å². The van der Waals surface area contributed by atoms with Crippen LogP contribution in [0.3, 0.4) is 0 Å². The number of aromatic nitrogens is 2. The summed E-state index contributed by atoms with van der Waals surface area (Å²) >= 11 is 0. The number of hydrogen-bond donors (Lipinski definition) is 2. The number of methoxy groups -OCH3 is 1. The molecule has 0 saturated carbocycles. The van der Waals surface area contributed by atoms with Crippen LogP contribution >= 0.6 is 0 Å². The van der Waals surface area contributed by atoms with E-state index in [1.807, 2.05) is 6.92 Å². The highest BCUT2D eigenvalue weighted by atomic mass is 16.5. The van der Waals surface area contributed by atoms with Gasteiger partial charge in [-0.15, -0.1) is 0 Å². The van der Waals surface area contributed by atoms with Gasteiger partial charge in [0.1, 0.15) is 0 Å². The van der Waals surface area contributed by atoms with E-state index < -0.39 is 12.0 Å². The van der Waals surface area contributed by atoms with E-state index in [2.05, 4.69) is 15.3 Å². The molecular formula is C12H19N3O4. The molecule has 7 heteroatoms. The quantitative estimate of drug-likeness (QED) is 0.729. The van der Waals surface area contributed by atoms with Crippen LogP contribution in [0.25, 0.3) is 0 Å². The molecule has 7 nitrogen and oxygen atoms in total. The van der Waals surface area contributed by atoms with Crippen LogP contribution < -0.4 is 10.1 Å². The van der Waals surface area contributed by atoms with Crippen molar-refractivity contribution in [3.8, 4) is 5.88 Å². The lowest BCUT2D eigenvalue weighted by Crippen LogP contribution is -2.34. The Kier molecular flexibility index (Phi) is 6.01. The second kappa shape index (κ2) is 7.52. The molecule has 0 spiro atoms. The molecule has 1 heterocycles. The second-order valence-electron chi connectivity index (χ2n) is 4.01. The summed E-state index contributed by atoms with van der Waals surface area (Å²) in [7, 11) is 1.44. The zero-order valence-corrected chi connectivity index (χ0v) is 11.3. The van der Waals surface area contributed by atoms with Crippen molar-refractivity contribution in [2.45, 2.75) is 26.3 Å². The zero-order valence-electron chi connectivity index (χ0n) is 11.3. The monoisotopic (exact) mass is 269 g/mol. The van der Waals surface area contributed by atoms with Crippen molar-refractivity contribution >= 4 is 11.9 Å². The van der Waals surface area contributed by atoms with Gasteiger partial charge in [0.2, 0.25) is 11.8 Å². The third-order valence-corrected chi connectivity index (χ3v) is 2.22. The normalized spacial score (nSPS) is 11.9. The molecule has 0 fully saturated rings. The van der Waals surface area contributed by atoms with Gasteiger partial charge in [-0.3, -0.25) is 0 Å². The van der Waals surface area contributed by atoms with Crippen molar-refractivity contribution < 1.29 is 19.4 Å². The van der Waals surface area contributed by atoms with Gasteiger partial charge in [-0.25, -0.2) is 9.78 Å². The summed E-state index contributed by atoms with van der Waals surface area (Å²) in [6, 6.07) is 0.804. The molecule has 2 N–H and O–H groups in total. The first kappa shape index (κ1) is 15.2. The number of aryl methyl sites for hydroxylation is 1. The lowest BCUT2D eigenvalue weighted by atomic mass is 10.3. The lowest BCUT2D eigenvalue weighted by Gasteiger charge is -2.14. The van der Waals surface area contributed by atoms with Crippen molar-refractivity contribution in [2.75, 3.05) is 25.6 Å². The van der Waals surface area contributed by atoms with Gasteiger partial charge in [0.15, 0.2) is 6.04 Å². The number of nitrogens with zero attached hydrogens (tertiary/aromatic N) is 2. The van der Waals surface area contributed by atoms with E-state index in [9.17, 15) is 4.79 Å². The topological polar surface area (TPSA) is 93.6 Å². The first-order valence-electron chi connectivity index (χ1n) is 6.03. The SMILES string of the molecule is CCCOc1cc(C)nc(NC(COC)C(=O)O)n1. The van der Waals surface area contributed by atoms with Crippen LogP contribution in [0.2, 0.25) is 0 Å². The number of anilines is 1. The molecule has 0 aliphatic carbocycles. The van der Waals surface area contributed by atoms with E-state index >= 15 is 0 Å². The van der Waals surface area contributed by atoms with Crippen LogP contribution in [0.4, 0.5) is 5.95 Å². The number of carboxylic acids is 1. The van der Waals surface area contributed by atoms with Crippen molar-refractivity contribution in [1.29, 1.82) is 0 Å². The molecule has 1 aromatic heterocycles. The van der Waals surface area contributed by atoms with Crippen LogP contribution in [0.5, 0.6) is 5.88 Å². The van der Waals surface area contributed by atoms with Gasteiger partial charge in [0.25, 0.3) is 0 Å². The molecule has 0 bridgehead atoms. The summed E-state index contributed by atoms with van der Waals surface area (Å²) in [5, 5.41) is 11.7. The van der Waals surface area contributed by atoms with Gasteiger partial charge in [0, 0.05) is 18.9 Å². The Bertz CT molecular complexity index is 425. The molecule has 1 aromatic rings. The minimum atomic E-state index is -1.03. The van der Waals surface area contributed by atoms with Gasteiger partial charge in [-0.2, -0.15) is 4.98 Å². The Labute approximate surface area is 112 Å². The minimum Gasteiger partial charge on any atom is -0.480 e. The smallest absolute Gasteiger partial charge is 0.328 e. The Balaban J connectivity index is 2.81. The highest BCUT2D eigenvalue weighted by molar-refractivity contribution is 5.76. The molecule has 1 unspecified atom stereocenters.